The smallest absolute Gasteiger partial charge is 0.228 e. The van der Waals surface area contributed by atoms with Crippen molar-refractivity contribution in [1.82, 2.24) is 15.1 Å². The Morgan fingerprint density at radius 3 is 2.62 bits per heavy atom. The number of piperazine rings is 1. The van der Waals surface area contributed by atoms with Gasteiger partial charge in [-0.05, 0) is 31.5 Å². The van der Waals surface area contributed by atoms with Gasteiger partial charge >= 0.3 is 0 Å². The lowest BCUT2D eigenvalue weighted by molar-refractivity contribution is -0.139. The standard InChI is InChI=1S/C19H27N3O3.ClH/c1-13-14(2)22(9-8-20-13)19(24)16-10-18(23)21(12-16)11-15-4-6-17(25-3)7-5-15;/h4-7,13-14,16,20H,8-12H2,1-3H3;1H. The van der Waals surface area contributed by atoms with Crippen LogP contribution in [0.15, 0.2) is 24.3 Å². The van der Waals surface area contributed by atoms with E-state index in [2.05, 4.69) is 19.2 Å². The molecule has 3 rings (SSSR count). The number of ether oxygens (including phenoxy) is 1. The molecule has 0 bridgehead atoms. The van der Waals surface area contributed by atoms with Crippen molar-refractivity contribution in [3.8, 4) is 5.75 Å². The van der Waals surface area contributed by atoms with Gasteiger partial charge in [0.05, 0.1) is 13.0 Å². The number of carbonyl (C=O) groups is 2. The van der Waals surface area contributed by atoms with E-state index in [4.69, 9.17) is 4.74 Å². The van der Waals surface area contributed by atoms with Crippen LogP contribution in [0.3, 0.4) is 0 Å². The number of hydrogen-bond donors (Lipinski definition) is 1. The predicted octanol–water partition coefficient (Wildman–Crippen LogP) is 1.67. The van der Waals surface area contributed by atoms with Gasteiger partial charge in [0, 0.05) is 44.7 Å². The van der Waals surface area contributed by atoms with E-state index in [-0.39, 0.29) is 42.2 Å². The second kappa shape index (κ2) is 8.73. The first kappa shape index (κ1) is 20.5. The van der Waals surface area contributed by atoms with Crippen LogP contribution in [0.1, 0.15) is 25.8 Å². The Morgan fingerprint density at radius 1 is 1.27 bits per heavy atom. The summed E-state index contributed by atoms with van der Waals surface area (Å²) in [5.41, 5.74) is 1.05. The van der Waals surface area contributed by atoms with E-state index in [1.807, 2.05) is 29.2 Å². The Hall–Kier alpha value is -1.79. The van der Waals surface area contributed by atoms with Crippen molar-refractivity contribution in [3.63, 3.8) is 0 Å². The average molecular weight is 382 g/mol. The van der Waals surface area contributed by atoms with Crippen LogP contribution >= 0.6 is 12.4 Å². The second-order valence-electron chi connectivity index (χ2n) is 7.04. The van der Waals surface area contributed by atoms with Gasteiger partial charge in [-0.3, -0.25) is 9.59 Å². The van der Waals surface area contributed by atoms with Gasteiger partial charge in [0.1, 0.15) is 5.75 Å². The maximum atomic E-state index is 12.9. The third kappa shape index (κ3) is 4.30. The zero-order valence-corrected chi connectivity index (χ0v) is 16.4. The van der Waals surface area contributed by atoms with E-state index in [0.29, 0.717) is 26.1 Å². The van der Waals surface area contributed by atoms with Gasteiger partial charge in [-0.25, -0.2) is 0 Å². The largest absolute Gasteiger partial charge is 0.497 e. The molecule has 2 amide bonds. The molecule has 0 saturated carbocycles. The van der Waals surface area contributed by atoms with E-state index in [1.54, 1.807) is 12.0 Å². The summed E-state index contributed by atoms with van der Waals surface area (Å²) in [7, 11) is 1.63. The number of amides is 2. The van der Waals surface area contributed by atoms with Gasteiger partial charge < -0.3 is 19.9 Å². The third-order valence-electron chi connectivity index (χ3n) is 5.41. The number of nitrogens with zero attached hydrogens (tertiary/aromatic N) is 2. The lowest BCUT2D eigenvalue weighted by atomic mass is 10.0. The number of hydrogen-bond acceptors (Lipinski definition) is 4. The van der Waals surface area contributed by atoms with Gasteiger partial charge in [0.25, 0.3) is 0 Å². The molecule has 2 saturated heterocycles. The Morgan fingerprint density at radius 2 is 1.96 bits per heavy atom. The molecule has 1 aromatic rings. The molecule has 2 fully saturated rings. The average Bonchev–Trinajstić information content (AvgIpc) is 2.98. The molecule has 6 nitrogen and oxygen atoms in total. The summed E-state index contributed by atoms with van der Waals surface area (Å²) in [6.45, 7) is 6.75. The predicted molar refractivity (Wildman–Crippen MR) is 102 cm³/mol. The lowest BCUT2D eigenvalue weighted by Gasteiger charge is -2.39. The summed E-state index contributed by atoms with van der Waals surface area (Å²) in [5, 5.41) is 3.39. The first-order valence-corrected chi connectivity index (χ1v) is 8.94. The molecule has 2 aliphatic heterocycles. The minimum atomic E-state index is -0.224. The number of halogens is 1. The lowest BCUT2D eigenvalue weighted by Crippen LogP contribution is -2.58. The number of likely N-dealkylation sites (tertiary alicyclic amines) is 1. The van der Waals surface area contributed by atoms with E-state index >= 15 is 0 Å². The molecule has 0 radical (unpaired) electrons. The van der Waals surface area contributed by atoms with Gasteiger partial charge in [0.15, 0.2) is 0 Å². The summed E-state index contributed by atoms with van der Waals surface area (Å²) in [5.74, 6) is 0.751. The zero-order chi connectivity index (χ0) is 18.0. The molecule has 2 aliphatic rings. The van der Waals surface area contributed by atoms with Crippen LogP contribution in [0.5, 0.6) is 5.75 Å². The van der Waals surface area contributed by atoms with Crippen LogP contribution in [0, 0.1) is 5.92 Å². The Labute approximate surface area is 161 Å². The van der Waals surface area contributed by atoms with Crippen LogP contribution in [0.2, 0.25) is 0 Å². The number of benzene rings is 1. The maximum absolute atomic E-state index is 12.9. The van der Waals surface area contributed by atoms with Crippen molar-refractivity contribution in [2.24, 2.45) is 5.92 Å². The first-order chi connectivity index (χ1) is 12.0. The molecule has 0 aromatic heterocycles. The van der Waals surface area contributed by atoms with Crippen molar-refractivity contribution in [2.75, 3.05) is 26.7 Å². The minimum absolute atomic E-state index is 0. The first-order valence-electron chi connectivity index (χ1n) is 8.94. The van der Waals surface area contributed by atoms with E-state index in [0.717, 1.165) is 17.9 Å². The van der Waals surface area contributed by atoms with E-state index in [9.17, 15) is 9.59 Å². The number of nitrogens with one attached hydrogen (secondary N) is 1. The van der Waals surface area contributed by atoms with Crippen LogP contribution in [-0.4, -0.2) is 60.4 Å². The highest BCUT2D eigenvalue weighted by Crippen LogP contribution is 2.24. The van der Waals surface area contributed by atoms with Crippen LogP contribution in [-0.2, 0) is 16.1 Å². The van der Waals surface area contributed by atoms with E-state index in [1.165, 1.54) is 0 Å². The van der Waals surface area contributed by atoms with Crippen molar-refractivity contribution in [2.45, 2.75) is 38.9 Å². The highest BCUT2D eigenvalue weighted by atomic mass is 35.5. The van der Waals surface area contributed by atoms with Crippen molar-refractivity contribution >= 4 is 24.2 Å². The molecule has 7 heteroatoms. The quantitative estimate of drug-likeness (QED) is 0.861. The fourth-order valence-corrected chi connectivity index (χ4v) is 3.64. The molecule has 144 valence electrons. The molecule has 3 unspecified atom stereocenters. The molecule has 26 heavy (non-hydrogen) atoms. The normalized spacial score (nSPS) is 25.8. The monoisotopic (exact) mass is 381 g/mol. The molecular formula is C19H28ClN3O3. The molecule has 0 spiro atoms. The maximum Gasteiger partial charge on any atom is 0.228 e. The SMILES string of the molecule is COc1ccc(CN2CC(C(=O)N3CCNC(C)C3C)CC2=O)cc1.Cl. The minimum Gasteiger partial charge on any atom is -0.497 e. The molecule has 3 atom stereocenters. The van der Waals surface area contributed by atoms with Gasteiger partial charge in [-0.1, -0.05) is 12.1 Å². The number of methoxy groups -OCH3 is 1. The van der Waals surface area contributed by atoms with Gasteiger partial charge in [-0.2, -0.15) is 0 Å². The third-order valence-corrected chi connectivity index (χ3v) is 5.41. The molecule has 1 N–H and O–H groups in total. The van der Waals surface area contributed by atoms with Crippen molar-refractivity contribution in [3.05, 3.63) is 29.8 Å². The fourth-order valence-electron chi connectivity index (χ4n) is 3.64. The van der Waals surface area contributed by atoms with Gasteiger partial charge in [-0.15, -0.1) is 12.4 Å². The zero-order valence-electron chi connectivity index (χ0n) is 15.6. The van der Waals surface area contributed by atoms with Gasteiger partial charge in [0.2, 0.25) is 11.8 Å². The van der Waals surface area contributed by atoms with E-state index < -0.39 is 0 Å². The summed E-state index contributed by atoms with van der Waals surface area (Å²) in [6.07, 6.45) is 0.319. The van der Waals surface area contributed by atoms with Crippen LogP contribution in [0.4, 0.5) is 0 Å². The van der Waals surface area contributed by atoms with Crippen molar-refractivity contribution in [1.29, 1.82) is 0 Å². The highest BCUT2D eigenvalue weighted by Gasteiger charge is 2.39. The summed E-state index contributed by atoms with van der Waals surface area (Å²) in [6, 6.07) is 8.14. The number of rotatable bonds is 4. The topological polar surface area (TPSA) is 61.9 Å². The Bertz CT molecular complexity index is 637. The van der Waals surface area contributed by atoms with Crippen LogP contribution < -0.4 is 10.1 Å². The Kier molecular flexibility index (Phi) is 6.89. The van der Waals surface area contributed by atoms with Crippen molar-refractivity contribution < 1.29 is 14.3 Å². The van der Waals surface area contributed by atoms with Crippen LogP contribution in [0.25, 0.3) is 0 Å². The summed E-state index contributed by atoms with van der Waals surface area (Å²) >= 11 is 0. The molecule has 0 aliphatic carbocycles. The molecular weight excluding hydrogens is 354 g/mol. The summed E-state index contributed by atoms with van der Waals surface area (Å²) < 4.78 is 5.16. The highest BCUT2D eigenvalue weighted by molar-refractivity contribution is 5.89. The molecule has 1 aromatic carbocycles. The summed E-state index contributed by atoms with van der Waals surface area (Å²) in [4.78, 5) is 29.0. The second-order valence-corrected chi connectivity index (χ2v) is 7.04. The Balaban J connectivity index is 0.00000243. The molecule has 2 heterocycles. The number of carbonyl (C=O) groups excluding carboxylic acids is 2. The fraction of sp³-hybridized carbons (Fsp3) is 0.579.